The van der Waals surface area contributed by atoms with Gasteiger partial charge in [0, 0.05) is 5.57 Å². The van der Waals surface area contributed by atoms with Crippen molar-refractivity contribution >= 4 is 18.6 Å². The lowest BCUT2D eigenvalue weighted by Gasteiger charge is -2.17. The number of allylic oxidation sites excluding steroid dienone is 1. The monoisotopic (exact) mass is 451 g/mol. The third kappa shape index (κ3) is 9.43. The van der Waals surface area contributed by atoms with E-state index < -0.39 is 13.3 Å². The Morgan fingerprint density at radius 2 is 1.29 bits per heavy atom. The number of ether oxygens (including phenoxy) is 3. The van der Waals surface area contributed by atoms with Gasteiger partial charge in [-0.05, 0) is 38.3 Å². The number of unbranched alkanes of at least 4 members (excludes halogenated alkanes) is 6. The fraction of sp³-hybridized carbons (Fsp3) is 0.640. The molecular formula is C25H40O5P+. The van der Waals surface area contributed by atoms with Gasteiger partial charge in [0.1, 0.15) is 0 Å². The van der Waals surface area contributed by atoms with Crippen molar-refractivity contribution in [2.75, 3.05) is 19.8 Å². The van der Waals surface area contributed by atoms with Gasteiger partial charge in [0.25, 0.3) is 0 Å². The van der Waals surface area contributed by atoms with Crippen LogP contribution in [0.3, 0.4) is 0 Å². The van der Waals surface area contributed by atoms with E-state index in [-0.39, 0.29) is 5.57 Å². The standard InChI is InChI=1S/C25H40O5P/c1-6-9-12-17-28-21-15-16-22(31(27)25(26)20(4)5)24(30-19-14-11-8-3)23(21)29-18-13-10-7-2/h15-16H,4,6-14,17-19H2,1-3,5H3/q+1. The van der Waals surface area contributed by atoms with Gasteiger partial charge in [-0.2, -0.15) is 0 Å². The molecule has 1 atom stereocenters. The highest BCUT2D eigenvalue weighted by Gasteiger charge is 2.38. The molecule has 0 amide bonds. The molecule has 0 heterocycles. The Hall–Kier alpha value is -1.87. The highest BCUT2D eigenvalue weighted by atomic mass is 31.1. The molecule has 0 aromatic heterocycles. The zero-order valence-corrected chi connectivity index (χ0v) is 20.7. The van der Waals surface area contributed by atoms with E-state index in [1.54, 1.807) is 19.1 Å². The van der Waals surface area contributed by atoms with Crippen molar-refractivity contribution in [2.45, 2.75) is 85.5 Å². The van der Waals surface area contributed by atoms with Crippen LogP contribution in [0.5, 0.6) is 17.2 Å². The zero-order chi connectivity index (χ0) is 23.1. The number of rotatable bonds is 18. The Morgan fingerprint density at radius 1 is 0.806 bits per heavy atom. The smallest absolute Gasteiger partial charge is 0.462 e. The van der Waals surface area contributed by atoms with Crippen molar-refractivity contribution in [3.63, 3.8) is 0 Å². The number of benzene rings is 1. The third-order valence-corrected chi connectivity index (χ3v) is 6.36. The number of hydrogen-bond acceptors (Lipinski definition) is 5. The van der Waals surface area contributed by atoms with Gasteiger partial charge in [-0.1, -0.05) is 70.4 Å². The summed E-state index contributed by atoms with van der Waals surface area (Å²) in [6.45, 7) is 13.2. The van der Waals surface area contributed by atoms with Gasteiger partial charge in [0.2, 0.25) is 16.8 Å². The maximum atomic E-state index is 13.0. The third-order valence-electron chi connectivity index (χ3n) is 4.82. The van der Waals surface area contributed by atoms with Gasteiger partial charge in [0.05, 0.1) is 19.8 Å². The summed E-state index contributed by atoms with van der Waals surface area (Å²) >= 11 is 0. The Balaban J connectivity index is 3.28. The number of hydrogen-bond donors (Lipinski definition) is 0. The summed E-state index contributed by atoms with van der Waals surface area (Å²) in [6, 6.07) is 3.41. The fourth-order valence-corrected chi connectivity index (χ4v) is 4.08. The lowest BCUT2D eigenvalue weighted by Crippen LogP contribution is -2.14. The predicted octanol–water partition coefficient (Wildman–Crippen LogP) is 6.95. The Kier molecular flexibility index (Phi) is 13.9. The second-order valence-electron chi connectivity index (χ2n) is 7.79. The van der Waals surface area contributed by atoms with Gasteiger partial charge < -0.3 is 14.2 Å². The highest BCUT2D eigenvalue weighted by molar-refractivity contribution is 7.71. The predicted molar refractivity (Wildman–Crippen MR) is 129 cm³/mol. The molecule has 174 valence electrons. The van der Waals surface area contributed by atoms with Crippen molar-refractivity contribution < 1.29 is 23.6 Å². The minimum absolute atomic E-state index is 0.267. The molecule has 0 saturated heterocycles. The van der Waals surface area contributed by atoms with E-state index in [1.807, 2.05) is 0 Å². The summed E-state index contributed by atoms with van der Waals surface area (Å²) in [6.07, 6.45) is 9.17. The van der Waals surface area contributed by atoms with Crippen LogP contribution in [0.1, 0.15) is 85.5 Å². The van der Waals surface area contributed by atoms with E-state index in [0.717, 1.165) is 57.8 Å². The lowest BCUT2D eigenvalue weighted by atomic mass is 10.2. The summed E-state index contributed by atoms with van der Waals surface area (Å²) in [7, 11) is -2.34. The first-order chi connectivity index (χ1) is 15.0. The molecule has 31 heavy (non-hydrogen) atoms. The minimum Gasteiger partial charge on any atom is -0.490 e. The van der Waals surface area contributed by atoms with Gasteiger partial charge in [0.15, 0.2) is 5.75 Å². The van der Waals surface area contributed by atoms with Crippen LogP contribution in [0.15, 0.2) is 24.3 Å². The molecule has 1 unspecified atom stereocenters. The molecule has 1 aromatic rings. The van der Waals surface area contributed by atoms with E-state index in [2.05, 4.69) is 27.4 Å². The van der Waals surface area contributed by atoms with E-state index in [1.165, 1.54) is 0 Å². The molecule has 0 aliphatic carbocycles. The molecular weight excluding hydrogens is 411 g/mol. The van der Waals surface area contributed by atoms with Gasteiger partial charge >= 0.3 is 13.3 Å². The number of carbonyl (C=O) groups excluding carboxylic acids is 1. The molecule has 0 saturated carbocycles. The fourth-order valence-electron chi connectivity index (χ4n) is 2.95. The topological polar surface area (TPSA) is 61.8 Å². The molecule has 1 aromatic carbocycles. The van der Waals surface area contributed by atoms with Crippen LogP contribution < -0.4 is 19.5 Å². The first-order valence-corrected chi connectivity index (χ1v) is 13.0. The molecule has 0 radical (unpaired) electrons. The summed E-state index contributed by atoms with van der Waals surface area (Å²) in [4.78, 5) is 12.4. The van der Waals surface area contributed by atoms with Crippen molar-refractivity contribution in [1.82, 2.24) is 0 Å². The van der Waals surface area contributed by atoms with Crippen LogP contribution in [0.25, 0.3) is 0 Å². The SMILES string of the molecule is C=C(C)C(=O)[P+](=O)c1ccc(OCCCCC)c(OCCCCC)c1OCCCCC. The average Bonchev–Trinajstić information content (AvgIpc) is 2.76. The van der Waals surface area contributed by atoms with Gasteiger partial charge in [-0.15, -0.1) is 0 Å². The normalized spacial score (nSPS) is 11.2. The Morgan fingerprint density at radius 3 is 1.77 bits per heavy atom. The van der Waals surface area contributed by atoms with Crippen LogP contribution >= 0.6 is 7.80 Å². The quantitative estimate of drug-likeness (QED) is 0.137. The molecule has 5 nitrogen and oxygen atoms in total. The molecule has 0 spiro atoms. The summed E-state index contributed by atoms with van der Waals surface area (Å²) in [5.74, 6) is 1.41. The zero-order valence-electron chi connectivity index (χ0n) is 19.8. The van der Waals surface area contributed by atoms with Crippen LogP contribution in [0.4, 0.5) is 0 Å². The number of carbonyl (C=O) groups is 1. The van der Waals surface area contributed by atoms with Crippen molar-refractivity contribution in [3.05, 3.63) is 24.3 Å². The molecule has 6 heteroatoms. The summed E-state index contributed by atoms with van der Waals surface area (Å²) < 4.78 is 31.2. The molecule has 0 fully saturated rings. The molecule has 0 aliphatic rings. The van der Waals surface area contributed by atoms with E-state index >= 15 is 0 Å². The maximum absolute atomic E-state index is 13.0. The van der Waals surface area contributed by atoms with Crippen molar-refractivity contribution in [1.29, 1.82) is 0 Å². The molecule has 1 rings (SSSR count). The van der Waals surface area contributed by atoms with Gasteiger partial charge in [-0.25, -0.2) is 4.79 Å². The average molecular weight is 452 g/mol. The second-order valence-corrected chi connectivity index (χ2v) is 9.26. The summed E-state index contributed by atoms with van der Waals surface area (Å²) in [5, 5.41) is 0.353. The maximum Gasteiger partial charge on any atom is 0.462 e. The first kappa shape index (κ1) is 27.2. The molecule has 0 bridgehead atoms. The second kappa shape index (κ2) is 15.9. The van der Waals surface area contributed by atoms with Gasteiger partial charge in [-0.3, -0.25) is 0 Å². The first-order valence-electron chi connectivity index (χ1n) is 11.7. The Labute approximate surface area is 189 Å². The van der Waals surface area contributed by atoms with Crippen LogP contribution in [-0.2, 0) is 9.36 Å². The van der Waals surface area contributed by atoms with E-state index in [0.29, 0.717) is 42.4 Å². The van der Waals surface area contributed by atoms with Crippen LogP contribution in [-0.4, -0.2) is 25.3 Å². The van der Waals surface area contributed by atoms with E-state index in [4.69, 9.17) is 14.2 Å². The van der Waals surface area contributed by atoms with Crippen molar-refractivity contribution in [2.24, 2.45) is 0 Å². The van der Waals surface area contributed by atoms with Crippen LogP contribution in [0, 0.1) is 0 Å². The minimum atomic E-state index is -2.34. The molecule has 0 aliphatic heterocycles. The van der Waals surface area contributed by atoms with Crippen molar-refractivity contribution in [3.8, 4) is 17.2 Å². The lowest BCUT2D eigenvalue weighted by molar-refractivity contribution is -0.108. The Bertz CT molecular complexity index is 714. The summed E-state index contributed by atoms with van der Waals surface area (Å²) in [5.41, 5.74) is -0.203. The highest BCUT2D eigenvalue weighted by Crippen LogP contribution is 2.42. The molecule has 0 N–H and O–H groups in total. The van der Waals surface area contributed by atoms with E-state index in [9.17, 15) is 9.36 Å². The largest absolute Gasteiger partial charge is 0.490 e. The van der Waals surface area contributed by atoms with Crippen LogP contribution in [0.2, 0.25) is 0 Å².